The number of sulfonamides is 1. The molecule has 156 valence electrons. The van der Waals surface area contributed by atoms with E-state index in [4.69, 9.17) is 16.7 Å². The van der Waals surface area contributed by atoms with E-state index < -0.39 is 10.0 Å². The number of nitrogens with two attached hydrogens (primary N) is 1. The van der Waals surface area contributed by atoms with Crippen LogP contribution in [0.25, 0.3) is 0 Å². The molecule has 10 heteroatoms. The first-order chi connectivity index (χ1) is 13.9. The molecule has 0 bridgehead atoms. The quantitative estimate of drug-likeness (QED) is 0.469. The summed E-state index contributed by atoms with van der Waals surface area (Å²) < 4.78 is 23.1. The number of halogens is 1. The lowest BCUT2D eigenvalue weighted by atomic mass is 10.2. The predicted octanol–water partition coefficient (Wildman–Crippen LogP) is 1.72. The molecule has 3 rings (SSSR count). The van der Waals surface area contributed by atoms with E-state index >= 15 is 0 Å². The summed E-state index contributed by atoms with van der Waals surface area (Å²) in [6, 6.07) is 10.4. The van der Waals surface area contributed by atoms with Crippen LogP contribution in [0.1, 0.15) is 18.9 Å². The lowest BCUT2D eigenvalue weighted by Gasteiger charge is -2.20. The minimum absolute atomic E-state index is 0.0850. The number of aliphatic imine (C=N–C) groups is 1. The molecule has 0 spiro atoms. The van der Waals surface area contributed by atoms with Crippen molar-refractivity contribution >= 4 is 33.4 Å². The summed E-state index contributed by atoms with van der Waals surface area (Å²) >= 11 is 6.26. The second kappa shape index (κ2) is 9.43. The standard InChI is InChI=1S/C19H25ClN6O2S/c1-2-22-19(24-12-14-5-3-6-16(11-14)29(21,27)28)25-15-8-10-26(13-15)18-17(20)7-4-9-23-18/h3-7,9,11,15H,2,8,10,12-13H2,1H3,(H2,21,27,28)(H2,22,24,25). The molecule has 1 unspecified atom stereocenters. The van der Waals surface area contributed by atoms with Gasteiger partial charge in [-0.15, -0.1) is 0 Å². The van der Waals surface area contributed by atoms with Crippen LogP contribution in [-0.4, -0.2) is 45.0 Å². The number of primary sulfonamides is 1. The molecule has 1 aromatic heterocycles. The van der Waals surface area contributed by atoms with Crippen molar-refractivity contribution in [3.8, 4) is 0 Å². The van der Waals surface area contributed by atoms with Gasteiger partial charge in [0, 0.05) is 31.9 Å². The Bertz CT molecular complexity index is 982. The van der Waals surface area contributed by atoms with Gasteiger partial charge >= 0.3 is 0 Å². The number of guanidine groups is 1. The van der Waals surface area contributed by atoms with Gasteiger partial charge < -0.3 is 15.5 Å². The van der Waals surface area contributed by atoms with E-state index in [1.54, 1.807) is 18.3 Å². The van der Waals surface area contributed by atoms with Crippen LogP contribution in [-0.2, 0) is 16.6 Å². The van der Waals surface area contributed by atoms with Crippen LogP contribution in [0.5, 0.6) is 0 Å². The summed E-state index contributed by atoms with van der Waals surface area (Å²) in [5.74, 6) is 1.47. The topological polar surface area (TPSA) is 113 Å². The van der Waals surface area contributed by atoms with E-state index in [0.717, 1.165) is 30.9 Å². The SMILES string of the molecule is CCNC(=NCc1cccc(S(N)(=O)=O)c1)NC1CCN(c2ncccc2Cl)C1. The molecular formula is C19H25ClN6O2S. The molecule has 2 heterocycles. The van der Waals surface area contributed by atoms with Gasteiger partial charge in [0.25, 0.3) is 0 Å². The van der Waals surface area contributed by atoms with Crippen LogP contribution in [0.3, 0.4) is 0 Å². The number of pyridine rings is 1. The van der Waals surface area contributed by atoms with Gasteiger partial charge in [0.2, 0.25) is 10.0 Å². The third kappa shape index (κ3) is 5.81. The Morgan fingerprint density at radius 2 is 2.21 bits per heavy atom. The van der Waals surface area contributed by atoms with E-state index in [1.807, 2.05) is 25.1 Å². The van der Waals surface area contributed by atoms with Crippen LogP contribution < -0.4 is 20.7 Å². The summed E-state index contributed by atoms with van der Waals surface area (Å²) in [4.78, 5) is 11.2. The van der Waals surface area contributed by atoms with Crippen LogP contribution in [0.4, 0.5) is 5.82 Å². The predicted molar refractivity (Wildman–Crippen MR) is 116 cm³/mol. The molecule has 0 amide bonds. The zero-order valence-electron chi connectivity index (χ0n) is 16.2. The van der Waals surface area contributed by atoms with Gasteiger partial charge in [-0.3, -0.25) is 0 Å². The highest BCUT2D eigenvalue weighted by atomic mass is 35.5. The van der Waals surface area contributed by atoms with Crippen LogP contribution in [0.15, 0.2) is 52.5 Å². The fourth-order valence-electron chi connectivity index (χ4n) is 3.19. The molecule has 1 aliphatic heterocycles. The largest absolute Gasteiger partial charge is 0.357 e. The summed E-state index contributed by atoms with van der Waals surface area (Å²) in [6.07, 6.45) is 2.67. The van der Waals surface area contributed by atoms with Gasteiger partial charge in [-0.05, 0) is 43.2 Å². The van der Waals surface area contributed by atoms with Gasteiger partial charge in [-0.2, -0.15) is 0 Å². The third-order valence-corrected chi connectivity index (χ3v) is 5.76. The van der Waals surface area contributed by atoms with Gasteiger partial charge in [0.15, 0.2) is 5.96 Å². The summed E-state index contributed by atoms with van der Waals surface area (Å²) in [5.41, 5.74) is 0.766. The van der Waals surface area contributed by atoms with E-state index in [2.05, 4.69) is 25.5 Å². The molecule has 1 saturated heterocycles. The Balaban J connectivity index is 1.65. The number of hydrogen-bond donors (Lipinski definition) is 3. The van der Waals surface area contributed by atoms with Crippen molar-refractivity contribution < 1.29 is 8.42 Å². The number of nitrogens with one attached hydrogen (secondary N) is 2. The number of aromatic nitrogens is 1. The Morgan fingerprint density at radius 3 is 2.93 bits per heavy atom. The van der Waals surface area contributed by atoms with Crippen LogP contribution >= 0.6 is 11.6 Å². The number of rotatable bonds is 6. The Morgan fingerprint density at radius 1 is 1.38 bits per heavy atom. The van der Waals surface area contributed by atoms with Crippen molar-refractivity contribution in [2.75, 3.05) is 24.5 Å². The van der Waals surface area contributed by atoms with E-state index in [0.29, 0.717) is 24.1 Å². The van der Waals surface area contributed by atoms with Crippen molar-refractivity contribution in [3.05, 3.63) is 53.2 Å². The monoisotopic (exact) mass is 436 g/mol. The summed E-state index contributed by atoms with van der Waals surface area (Å²) in [7, 11) is -3.73. The van der Waals surface area contributed by atoms with Gasteiger partial charge in [-0.1, -0.05) is 23.7 Å². The zero-order chi connectivity index (χ0) is 20.9. The van der Waals surface area contributed by atoms with Crippen molar-refractivity contribution in [2.45, 2.75) is 30.8 Å². The summed E-state index contributed by atoms with van der Waals surface area (Å²) in [6.45, 7) is 4.66. The molecule has 1 atom stereocenters. The Labute approximate surface area is 176 Å². The van der Waals surface area contributed by atoms with Gasteiger partial charge in [0.1, 0.15) is 5.82 Å². The lowest BCUT2D eigenvalue weighted by Crippen LogP contribution is -2.44. The maximum atomic E-state index is 11.5. The highest BCUT2D eigenvalue weighted by Crippen LogP contribution is 2.25. The van der Waals surface area contributed by atoms with Crippen LogP contribution in [0.2, 0.25) is 5.02 Å². The maximum Gasteiger partial charge on any atom is 0.238 e. The second-order valence-corrected chi connectivity index (χ2v) is 8.74. The highest BCUT2D eigenvalue weighted by molar-refractivity contribution is 7.89. The smallest absolute Gasteiger partial charge is 0.238 e. The molecule has 4 N–H and O–H groups in total. The normalized spacial score (nSPS) is 17.4. The fourth-order valence-corrected chi connectivity index (χ4v) is 4.01. The van der Waals surface area contributed by atoms with E-state index in [1.165, 1.54) is 6.07 Å². The zero-order valence-corrected chi connectivity index (χ0v) is 17.7. The molecule has 0 saturated carbocycles. The molecular weight excluding hydrogens is 412 g/mol. The number of anilines is 1. The third-order valence-electron chi connectivity index (χ3n) is 4.56. The second-order valence-electron chi connectivity index (χ2n) is 6.77. The molecule has 0 aliphatic carbocycles. The molecule has 2 aromatic rings. The van der Waals surface area contributed by atoms with Crippen molar-refractivity contribution in [2.24, 2.45) is 10.1 Å². The molecule has 1 aromatic carbocycles. The lowest BCUT2D eigenvalue weighted by molar-refractivity contribution is 0.597. The number of hydrogen-bond acceptors (Lipinski definition) is 5. The van der Waals surface area contributed by atoms with Gasteiger partial charge in [0.05, 0.1) is 16.5 Å². The molecule has 1 aliphatic rings. The number of benzene rings is 1. The summed E-state index contributed by atoms with van der Waals surface area (Å²) in [5, 5.41) is 12.5. The molecule has 29 heavy (non-hydrogen) atoms. The minimum atomic E-state index is -3.73. The van der Waals surface area contributed by atoms with E-state index in [9.17, 15) is 8.42 Å². The van der Waals surface area contributed by atoms with Crippen molar-refractivity contribution in [1.82, 2.24) is 15.6 Å². The minimum Gasteiger partial charge on any atom is -0.357 e. The molecule has 1 fully saturated rings. The Kier molecular flexibility index (Phi) is 6.94. The maximum absolute atomic E-state index is 11.5. The van der Waals surface area contributed by atoms with E-state index in [-0.39, 0.29) is 10.9 Å². The number of nitrogens with zero attached hydrogens (tertiary/aromatic N) is 3. The first-order valence-corrected chi connectivity index (χ1v) is 11.3. The first-order valence-electron chi connectivity index (χ1n) is 9.39. The van der Waals surface area contributed by atoms with Crippen molar-refractivity contribution in [3.63, 3.8) is 0 Å². The van der Waals surface area contributed by atoms with Crippen molar-refractivity contribution in [1.29, 1.82) is 0 Å². The first kappa shape index (κ1) is 21.4. The molecule has 8 nitrogen and oxygen atoms in total. The van der Waals surface area contributed by atoms with Gasteiger partial charge in [-0.25, -0.2) is 23.5 Å². The Hall–Kier alpha value is -2.36. The average Bonchev–Trinajstić information content (AvgIpc) is 3.14. The fraction of sp³-hybridized carbons (Fsp3) is 0.368. The van der Waals surface area contributed by atoms with Crippen LogP contribution in [0, 0.1) is 0 Å². The molecule has 0 radical (unpaired) electrons. The highest BCUT2D eigenvalue weighted by Gasteiger charge is 2.25. The average molecular weight is 437 g/mol.